The minimum Gasteiger partial charge on any atom is -0.294 e. The molecule has 0 spiro atoms. The Hall–Kier alpha value is -2.48. The minimum absolute atomic E-state index is 0.117. The number of rotatable bonds is 3. The van der Waals surface area contributed by atoms with Crippen molar-refractivity contribution < 1.29 is 4.79 Å². The van der Waals surface area contributed by atoms with Crippen LogP contribution < -0.4 is 0 Å². The van der Waals surface area contributed by atoms with Crippen molar-refractivity contribution >= 4 is 16.7 Å². The molecule has 0 aliphatic carbocycles. The molecule has 0 amide bonds. The molecule has 3 rings (SSSR count). The highest BCUT2D eigenvalue weighted by molar-refractivity contribution is 5.98. The van der Waals surface area contributed by atoms with Crippen LogP contribution in [0.25, 0.3) is 10.9 Å². The second-order valence-electron chi connectivity index (χ2n) is 4.91. The number of carbonyl (C=O) groups is 1. The van der Waals surface area contributed by atoms with Crippen LogP contribution in [0.5, 0.6) is 0 Å². The van der Waals surface area contributed by atoms with E-state index in [1.807, 2.05) is 67.6 Å². The monoisotopic (exact) mass is 261 g/mol. The lowest BCUT2D eigenvalue weighted by Gasteiger charge is -2.05. The van der Waals surface area contributed by atoms with E-state index in [-0.39, 0.29) is 5.78 Å². The molecule has 2 nitrogen and oxygen atoms in total. The molecule has 0 aliphatic rings. The highest BCUT2D eigenvalue weighted by Gasteiger charge is 2.10. The standard InChI is InChI=1S/C18H15NO/c1-13-6-2-4-8-16(13)18(20)12-15-11-10-14-7-3-5-9-17(14)19-15/h2-11H,12H2,1H3. The first-order valence-corrected chi connectivity index (χ1v) is 6.67. The highest BCUT2D eigenvalue weighted by Crippen LogP contribution is 2.15. The van der Waals surface area contributed by atoms with E-state index in [1.165, 1.54) is 0 Å². The van der Waals surface area contributed by atoms with Crippen molar-refractivity contribution in [2.24, 2.45) is 0 Å². The van der Waals surface area contributed by atoms with E-state index in [9.17, 15) is 4.79 Å². The molecule has 0 radical (unpaired) electrons. The zero-order valence-corrected chi connectivity index (χ0v) is 11.3. The van der Waals surface area contributed by atoms with Gasteiger partial charge in [0, 0.05) is 16.6 Å². The number of pyridine rings is 1. The third kappa shape index (κ3) is 2.45. The Bertz CT molecular complexity index is 777. The van der Waals surface area contributed by atoms with E-state index < -0.39 is 0 Å². The Kier molecular flexibility index (Phi) is 3.30. The van der Waals surface area contributed by atoms with Gasteiger partial charge in [0.15, 0.2) is 5.78 Å². The first-order chi connectivity index (χ1) is 9.74. The van der Waals surface area contributed by atoms with Crippen LogP contribution >= 0.6 is 0 Å². The second-order valence-corrected chi connectivity index (χ2v) is 4.91. The van der Waals surface area contributed by atoms with E-state index >= 15 is 0 Å². The first-order valence-electron chi connectivity index (χ1n) is 6.67. The van der Waals surface area contributed by atoms with Gasteiger partial charge < -0.3 is 0 Å². The number of ketones is 1. The van der Waals surface area contributed by atoms with Gasteiger partial charge in [-0.15, -0.1) is 0 Å². The van der Waals surface area contributed by atoms with Crippen molar-refractivity contribution in [2.45, 2.75) is 13.3 Å². The Morgan fingerprint density at radius 2 is 1.70 bits per heavy atom. The average molecular weight is 261 g/mol. The van der Waals surface area contributed by atoms with Crippen molar-refractivity contribution in [1.29, 1.82) is 0 Å². The maximum absolute atomic E-state index is 12.3. The maximum Gasteiger partial charge on any atom is 0.169 e. The zero-order chi connectivity index (χ0) is 13.9. The van der Waals surface area contributed by atoms with Crippen LogP contribution in [-0.4, -0.2) is 10.8 Å². The normalized spacial score (nSPS) is 10.7. The highest BCUT2D eigenvalue weighted by atomic mass is 16.1. The van der Waals surface area contributed by atoms with Crippen molar-refractivity contribution in [2.75, 3.05) is 0 Å². The molecular weight excluding hydrogens is 246 g/mol. The van der Waals surface area contributed by atoms with Gasteiger partial charge in [-0.1, -0.05) is 48.5 Å². The maximum atomic E-state index is 12.3. The van der Waals surface area contributed by atoms with E-state index in [0.29, 0.717) is 6.42 Å². The predicted molar refractivity (Wildman–Crippen MR) is 81.0 cm³/mol. The predicted octanol–water partition coefficient (Wildman–Crippen LogP) is 3.97. The number of para-hydroxylation sites is 1. The smallest absolute Gasteiger partial charge is 0.169 e. The van der Waals surface area contributed by atoms with Gasteiger partial charge in [-0.3, -0.25) is 9.78 Å². The molecular formula is C18H15NO. The van der Waals surface area contributed by atoms with Crippen LogP contribution in [0.1, 0.15) is 21.6 Å². The lowest BCUT2D eigenvalue weighted by Crippen LogP contribution is -2.06. The van der Waals surface area contributed by atoms with Gasteiger partial charge in [-0.05, 0) is 24.6 Å². The number of hydrogen-bond acceptors (Lipinski definition) is 2. The van der Waals surface area contributed by atoms with E-state index in [1.54, 1.807) is 0 Å². The molecule has 0 aliphatic heterocycles. The summed E-state index contributed by atoms with van der Waals surface area (Å²) in [6, 6.07) is 19.6. The fourth-order valence-corrected chi connectivity index (χ4v) is 2.35. The molecule has 0 saturated carbocycles. The summed E-state index contributed by atoms with van der Waals surface area (Å²) in [6.07, 6.45) is 0.343. The topological polar surface area (TPSA) is 30.0 Å². The molecule has 0 N–H and O–H groups in total. The molecule has 2 heteroatoms. The van der Waals surface area contributed by atoms with Crippen molar-refractivity contribution in [3.05, 3.63) is 77.5 Å². The third-order valence-corrected chi connectivity index (χ3v) is 3.44. The molecule has 1 aromatic heterocycles. The lowest BCUT2D eigenvalue weighted by molar-refractivity contribution is 0.0991. The van der Waals surface area contributed by atoms with E-state index in [4.69, 9.17) is 0 Å². The molecule has 20 heavy (non-hydrogen) atoms. The molecule has 0 unspecified atom stereocenters. The molecule has 3 aromatic rings. The summed E-state index contributed by atoms with van der Waals surface area (Å²) in [4.78, 5) is 16.9. The summed E-state index contributed by atoms with van der Waals surface area (Å²) in [6.45, 7) is 1.96. The van der Waals surface area contributed by atoms with Crippen molar-refractivity contribution in [3.63, 3.8) is 0 Å². The number of aromatic nitrogens is 1. The number of hydrogen-bond donors (Lipinski definition) is 0. The summed E-state index contributed by atoms with van der Waals surface area (Å²) >= 11 is 0. The van der Waals surface area contributed by atoms with Crippen LogP contribution in [-0.2, 0) is 6.42 Å². The Balaban J connectivity index is 1.89. The van der Waals surface area contributed by atoms with Crippen LogP contribution in [0.4, 0.5) is 0 Å². The molecule has 98 valence electrons. The molecule has 0 atom stereocenters. The van der Waals surface area contributed by atoms with Gasteiger partial charge in [0.2, 0.25) is 0 Å². The largest absolute Gasteiger partial charge is 0.294 e. The third-order valence-electron chi connectivity index (χ3n) is 3.44. The van der Waals surface area contributed by atoms with E-state index in [0.717, 1.165) is 27.7 Å². The molecule has 1 heterocycles. The van der Waals surface area contributed by atoms with Gasteiger partial charge in [-0.2, -0.15) is 0 Å². The fourth-order valence-electron chi connectivity index (χ4n) is 2.35. The number of fused-ring (bicyclic) bond motifs is 1. The number of carbonyl (C=O) groups excluding carboxylic acids is 1. The van der Waals surface area contributed by atoms with Crippen molar-refractivity contribution in [1.82, 2.24) is 4.98 Å². The summed E-state index contributed by atoms with van der Waals surface area (Å²) in [5.74, 6) is 0.117. The van der Waals surface area contributed by atoms with Crippen LogP contribution in [0.15, 0.2) is 60.7 Å². The number of benzene rings is 2. The summed E-state index contributed by atoms with van der Waals surface area (Å²) in [7, 11) is 0. The lowest BCUT2D eigenvalue weighted by atomic mass is 10.0. The van der Waals surface area contributed by atoms with Gasteiger partial charge in [0.05, 0.1) is 11.9 Å². The summed E-state index contributed by atoms with van der Waals surface area (Å²) in [5, 5.41) is 1.10. The quantitative estimate of drug-likeness (QED) is 0.668. The Labute approximate surface area is 118 Å². The summed E-state index contributed by atoms with van der Waals surface area (Å²) < 4.78 is 0. The number of Topliss-reactive ketones (excluding diaryl/α,β-unsaturated/α-hetero) is 1. The number of nitrogens with zero attached hydrogens (tertiary/aromatic N) is 1. The molecule has 2 aromatic carbocycles. The van der Waals surface area contributed by atoms with Crippen molar-refractivity contribution in [3.8, 4) is 0 Å². The Morgan fingerprint density at radius 3 is 2.55 bits per heavy atom. The molecule has 0 saturated heterocycles. The van der Waals surface area contributed by atoms with Gasteiger partial charge in [-0.25, -0.2) is 0 Å². The first kappa shape index (κ1) is 12.5. The van der Waals surface area contributed by atoms with Gasteiger partial charge >= 0.3 is 0 Å². The second kappa shape index (κ2) is 5.25. The van der Waals surface area contributed by atoms with Crippen LogP contribution in [0, 0.1) is 6.92 Å². The fraction of sp³-hybridized carbons (Fsp3) is 0.111. The SMILES string of the molecule is Cc1ccccc1C(=O)Cc1ccc2ccccc2n1. The summed E-state index contributed by atoms with van der Waals surface area (Å²) in [5.41, 5.74) is 3.54. The minimum atomic E-state index is 0.117. The molecule has 0 fully saturated rings. The Morgan fingerprint density at radius 1 is 0.950 bits per heavy atom. The molecule has 0 bridgehead atoms. The average Bonchev–Trinajstić information content (AvgIpc) is 2.47. The van der Waals surface area contributed by atoms with Gasteiger partial charge in [0.1, 0.15) is 0 Å². The van der Waals surface area contributed by atoms with Gasteiger partial charge in [0.25, 0.3) is 0 Å². The van der Waals surface area contributed by atoms with E-state index in [2.05, 4.69) is 4.98 Å². The zero-order valence-electron chi connectivity index (χ0n) is 11.3. The van der Waals surface area contributed by atoms with Crippen LogP contribution in [0.3, 0.4) is 0 Å². The van der Waals surface area contributed by atoms with Crippen LogP contribution in [0.2, 0.25) is 0 Å². The number of aryl methyl sites for hydroxylation is 1.